The van der Waals surface area contributed by atoms with Gasteiger partial charge in [-0.25, -0.2) is 14.5 Å². The van der Waals surface area contributed by atoms with Crippen LogP contribution in [0, 0.1) is 0 Å². The highest BCUT2D eigenvalue weighted by Gasteiger charge is 2.23. The van der Waals surface area contributed by atoms with Gasteiger partial charge in [0.05, 0.1) is 18.4 Å². The number of nitrogens with two attached hydrogens (primary N) is 1. The first kappa shape index (κ1) is 17.3. The van der Waals surface area contributed by atoms with Crippen molar-refractivity contribution >= 4 is 17.2 Å². The van der Waals surface area contributed by atoms with Crippen molar-refractivity contribution < 1.29 is 9.53 Å². The minimum atomic E-state index is -0.145. The van der Waals surface area contributed by atoms with Crippen molar-refractivity contribution in [2.24, 2.45) is 0 Å². The van der Waals surface area contributed by atoms with Crippen LogP contribution in [0.3, 0.4) is 0 Å². The van der Waals surface area contributed by atoms with Gasteiger partial charge in [-0.05, 0) is 25.0 Å². The number of hydrogen-bond acceptors (Lipinski definition) is 6. The predicted molar refractivity (Wildman–Crippen MR) is 102 cm³/mol. The third kappa shape index (κ3) is 3.30. The summed E-state index contributed by atoms with van der Waals surface area (Å²) in [6, 6.07) is 5.64. The number of nitrogen functional groups attached to an aromatic ring is 1. The van der Waals surface area contributed by atoms with E-state index in [0.717, 1.165) is 36.9 Å². The normalized spacial score (nSPS) is 15.0. The summed E-state index contributed by atoms with van der Waals surface area (Å²) in [7, 11) is 1.56. The summed E-state index contributed by atoms with van der Waals surface area (Å²) in [4.78, 5) is 21.2. The summed E-state index contributed by atoms with van der Waals surface area (Å²) in [5.74, 6) is 0.608. The lowest BCUT2D eigenvalue weighted by Crippen LogP contribution is -2.36. The second-order valence-corrected chi connectivity index (χ2v) is 6.74. The van der Waals surface area contributed by atoms with E-state index in [2.05, 4.69) is 20.4 Å². The molecule has 0 atom stereocenters. The fraction of sp³-hybridized carbons (Fsp3) is 0.368. The van der Waals surface area contributed by atoms with E-state index in [1.54, 1.807) is 30.0 Å². The molecule has 1 saturated carbocycles. The van der Waals surface area contributed by atoms with E-state index in [1.165, 1.54) is 12.7 Å². The van der Waals surface area contributed by atoms with Gasteiger partial charge in [0, 0.05) is 23.9 Å². The second kappa shape index (κ2) is 7.22. The van der Waals surface area contributed by atoms with Crippen LogP contribution in [0.2, 0.25) is 0 Å². The largest absolute Gasteiger partial charge is 0.481 e. The molecule has 3 aromatic rings. The summed E-state index contributed by atoms with van der Waals surface area (Å²) in [6.45, 7) is 0. The van der Waals surface area contributed by atoms with E-state index in [-0.39, 0.29) is 17.8 Å². The molecule has 3 heterocycles. The number of carbonyl (C=O) groups is 1. The van der Waals surface area contributed by atoms with Crippen LogP contribution in [0.5, 0.6) is 5.88 Å². The highest BCUT2D eigenvalue weighted by molar-refractivity contribution is 6.05. The van der Waals surface area contributed by atoms with Gasteiger partial charge in [0.2, 0.25) is 5.88 Å². The van der Waals surface area contributed by atoms with Gasteiger partial charge in [-0.15, -0.1) is 0 Å². The zero-order chi connectivity index (χ0) is 18.8. The summed E-state index contributed by atoms with van der Waals surface area (Å²) < 4.78 is 6.86. The summed E-state index contributed by atoms with van der Waals surface area (Å²) in [5, 5.41) is 7.45. The van der Waals surface area contributed by atoms with Crippen LogP contribution in [-0.4, -0.2) is 38.6 Å². The fourth-order valence-electron chi connectivity index (χ4n) is 3.64. The molecule has 0 unspecified atom stereocenters. The number of amides is 1. The van der Waals surface area contributed by atoms with Gasteiger partial charge in [-0.2, -0.15) is 5.10 Å². The van der Waals surface area contributed by atoms with Gasteiger partial charge in [0.1, 0.15) is 11.8 Å². The van der Waals surface area contributed by atoms with Crippen LogP contribution in [0.4, 0.5) is 5.82 Å². The SMILES string of the molecule is COc1cc(-c2cc(C(=O)NC3CCCCC3)c3c(N)ncnn23)ccn1. The molecule has 3 aromatic heterocycles. The van der Waals surface area contributed by atoms with Crippen molar-refractivity contribution in [3.05, 3.63) is 36.3 Å². The molecule has 0 spiro atoms. The highest BCUT2D eigenvalue weighted by Crippen LogP contribution is 2.29. The smallest absolute Gasteiger partial charge is 0.253 e. The first-order valence-corrected chi connectivity index (χ1v) is 9.11. The Labute approximate surface area is 156 Å². The minimum Gasteiger partial charge on any atom is -0.481 e. The zero-order valence-corrected chi connectivity index (χ0v) is 15.2. The monoisotopic (exact) mass is 366 g/mol. The first-order valence-electron chi connectivity index (χ1n) is 9.11. The standard InChI is InChI=1S/C19H22N6O2/c1-27-16-9-12(7-8-21-16)15-10-14(17-18(20)22-11-23-25(15)17)19(26)24-13-5-3-2-4-6-13/h7-11,13H,2-6H2,1H3,(H,24,26)(H2,20,22,23). The molecule has 8 nitrogen and oxygen atoms in total. The molecule has 0 aliphatic heterocycles. The molecule has 1 fully saturated rings. The number of ether oxygens (including phenoxy) is 1. The van der Waals surface area contributed by atoms with Gasteiger partial charge in [0.25, 0.3) is 5.91 Å². The van der Waals surface area contributed by atoms with Crippen molar-refractivity contribution in [1.29, 1.82) is 0 Å². The number of anilines is 1. The number of hydrogen-bond donors (Lipinski definition) is 2. The van der Waals surface area contributed by atoms with Crippen molar-refractivity contribution in [1.82, 2.24) is 24.9 Å². The number of carbonyl (C=O) groups excluding carboxylic acids is 1. The van der Waals surface area contributed by atoms with Gasteiger partial charge < -0.3 is 15.8 Å². The quantitative estimate of drug-likeness (QED) is 0.734. The van der Waals surface area contributed by atoms with Crippen LogP contribution in [0.1, 0.15) is 42.5 Å². The molecule has 1 amide bonds. The predicted octanol–water partition coefficient (Wildman–Crippen LogP) is 2.44. The average molecular weight is 366 g/mol. The Hall–Kier alpha value is -3.16. The van der Waals surface area contributed by atoms with Crippen molar-refractivity contribution in [3.63, 3.8) is 0 Å². The lowest BCUT2D eigenvalue weighted by atomic mass is 9.95. The molecule has 1 aliphatic rings. The number of methoxy groups -OCH3 is 1. The van der Waals surface area contributed by atoms with E-state index in [9.17, 15) is 4.79 Å². The summed E-state index contributed by atoms with van der Waals surface area (Å²) in [5.41, 5.74) is 8.63. The van der Waals surface area contributed by atoms with Crippen LogP contribution in [-0.2, 0) is 0 Å². The van der Waals surface area contributed by atoms with E-state index < -0.39 is 0 Å². The van der Waals surface area contributed by atoms with E-state index >= 15 is 0 Å². The van der Waals surface area contributed by atoms with E-state index in [0.29, 0.717) is 17.0 Å². The molecule has 3 N–H and O–H groups in total. The fourth-order valence-corrected chi connectivity index (χ4v) is 3.64. The first-order chi connectivity index (χ1) is 13.2. The Balaban J connectivity index is 1.77. The summed E-state index contributed by atoms with van der Waals surface area (Å²) >= 11 is 0. The molecule has 8 heteroatoms. The summed E-state index contributed by atoms with van der Waals surface area (Å²) in [6.07, 6.45) is 8.59. The maximum atomic E-state index is 13.0. The number of fused-ring (bicyclic) bond motifs is 1. The van der Waals surface area contributed by atoms with E-state index in [1.807, 2.05) is 6.07 Å². The van der Waals surface area contributed by atoms with Crippen LogP contribution in [0.25, 0.3) is 16.8 Å². The van der Waals surface area contributed by atoms with Gasteiger partial charge in [0.15, 0.2) is 5.82 Å². The van der Waals surface area contributed by atoms with E-state index in [4.69, 9.17) is 10.5 Å². The maximum absolute atomic E-state index is 13.0. The van der Waals surface area contributed by atoms with Crippen LogP contribution >= 0.6 is 0 Å². The second-order valence-electron chi connectivity index (χ2n) is 6.74. The number of pyridine rings is 1. The van der Waals surface area contributed by atoms with Crippen LogP contribution < -0.4 is 15.8 Å². The molecular formula is C19H22N6O2. The molecule has 4 rings (SSSR count). The molecule has 140 valence electrons. The molecule has 0 bridgehead atoms. The Morgan fingerprint density at radius 1 is 1.26 bits per heavy atom. The average Bonchev–Trinajstić information content (AvgIpc) is 3.10. The third-order valence-corrected chi connectivity index (χ3v) is 5.01. The lowest BCUT2D eigenvalue weighted by molar-refractivity contribution is 0.0929. The number of nitrogens with zero attached hydrogens (tertiary/aromatic N) is 4. The lowest BCUT2D eigenvalue weighted by Gasteiger charge is -2.22. The number of nitrogens with one attached hydrogen (secondary N) is 1. The molecule has 0 saturated heterocycles. The van der Waals surface area contributed by atoms with Crippen molar-refractivity contribution in [2.75, 3.05) is 12.8 Å². The Kier molecular flexibility index (Phi) is 4.62. The minimum absolute atomic E-state index is 0.145. The molecular weight excluding hydrogens is 344 g/mol. The molecule has 1 aliphatic carbocycles. The Morgan fingerprint density at radius 2 is 2.07 bits per heavy atom. The third-order valence-electron chi connectivity index (χ3n) is 5.01. The molecule has 0 radical (unpaired) electrons. The topological polar surface area (TPSA) is 107 Å². The molecule has 0 aromatic carbocycles. The van der Waals surface area contributed by atoms with Crippen LogP contribution in [0.15, 0.2) is 30.7 Å². The molecule has 27 heavy (non-hydrogen) atoms. The van der Waals surface area contributed by atoms with Crippen molar-refractivity contribution in [3.8, 4) is 17.1 Å². The van der Waals surface area contributed by atoms with Gasteiger partial charge in [-0.1, -0.05) is 19.3 Å². The van der Waals surface area contributed by atoms with Gasteiger partial charge in [-0.3, -0.25) is 4.79 Å². The highest BCUT2D eigenvalue weighted by atomic mass is 16.5. The zero-order valence-electron chi connectivity index (χ0n) is 15.2. The Bertz CT molecular complexity index is 977. The van der Waals surface area contributed by atoms with Crippen molar-refractivity contribution in [2.45, 2.75) is 38.1 Å². The number of rotatable bonds is 4. The number of aromatic nitrogens is 4. The van der Waals surface area contributed by atoms with Gasteiger partial charge >= 0.3 is 0 Å². The Morgan fingerprint density at radius 3 is 2.85 bits per heavy atom. The maximum Gasteiger partial charge on any atom is 0.253 e.